The zero-order valence-electron chi connectivity index (χ0n) is 14.2. The number of aromatic nitrogens is 1. The highest BCUT2D eigenvalue weighted by Crippen LogP contribution is 2.40. The summed E-state index contributed by atoms with van der Waals surface area (Å²) in [5.41, 5.74) is 4.32. The van der Waals surface area contributed by atoms with Crippen molar-refractivity contribution >= 4 is 22.4 Å². The van der Waals surface area contributed by atoms with E-state index in [0.717, 1.165) is 6.07 Å². The Labute approximate surface area is 147 Å². The number of hydrogen-bond donors (Lipinski definition) is 2. The number of carbonyl (C=O) groups is 1. The van der Waals surface area contributed by atoms with Gasteiger partial charge in [0.25, 0.3) is 5.91 Å². The zero-order valence-corrected chi connectivity index (χ0v) is 14.2. The minimum absolute atomic E-state index is 0.0414. The molecule has 1 aliphatic rings. The van der Waals surface area contributed by atoms with E-state index in [0.29, 0.717) is 18.7 Å². The number of primary amides is 1. The summed E-state index contributed by atoms with van der Waals surface area (Å²) in [7, 11) is 0. The smallest absolute Gasteiger partial charge is 0.370 e. The molecule has 0 saturated heterocycles. The summed E-state index contributed by atoms with van der Waals surface area (Å²) in [4.78, 5) is 15.8. The standard InChI is InChI=1S/C18H17F4N3O/c1-3-5-25-6-4-10(8-25)14-12(19)7-11(17(23)26)15-13(14)9(2)16(24-15)18(20,21)22/h3-5,7,24H,6,8H2,1-2H3,(H2,23,26). The normalized spacial score (nSPS) is 15.3. The van der Waals surface area contributed by atoms with E-state index >= 15 is 0 Å². The molecule has 0 bridgehead atoms. The maximum Gasteiger partial charge on any atom is 0.431 e. The highest BCUT2D eigenvalue weighted by Gasteiger charge is 2.37. The van der Waals surface area contributed by atoms with Crippen LogP contribution in [0.25, 0.3) is 16.5 Å². The van der Waals surface area contributed by atoms with E-state index in [-0.39, 0.29) is 27.6 Å². The van der Waals surface area contributed by atoms with Gasteiger partial charge in [-0.05, 0) is 37.3 Å². The summed E-state index contributed by atoms with van der Waals surface area (Å²) in [5.74, 6) is -1.76. The summed E-state index contributed by atoms with van der Waals surface area (Å²) in [5, 5.41) is 0.0414. The molecule has 0 fully saturated rings. The molecular weight excluding hydrogens is 350 g/mol. The summed E-state index contributed by atoms with van der Waals surface area (Å²) in [6.45, 7) is 3.98. The van der Waals surface area contributed by atoms with Crippen molar-refractivity contribution in [2.45, 2.75) is 20.0 Å². The van der Waals surface area contributed by atoms with Crippen molar-refractivity contribution in [3.8, 4) is 0 Å². The molecule has 1 amide bonds. The van der Waals surface area contributed by atoms with Gasteiger partial charge in [-0.1, -0.05) is 12.2 Å². The number of fused-ring (bicyclic) bond motifs is 1. The van der Waals surface area contributed by atoms with Gasteiger partial charge < -0.3 is 15.6 Å². The van der Waals surface area contributed by atoms with Gasteiger partial charge in [-0.15, -0.1) is 0 Å². The van der Waals surface area contributed by atoms with Crippen LogP contribution in [0, 0.1) is 12.7 Å². The predicted octanol–water partition coefficient (Wildman–Crippen LogP) is 3.97. The van der Waals surface area contributed by atoms with Crippen molar-refractivity contribution in [1.29, 1.82) is 0 Å². The number of amides is 1. The number of nitrogens with two attached hydrogens (primary N) is 1. The van der Waals surface area contributed by atoms with E-state index in [1.54, 1.807) is 6.08 Å². The topological polar surface area (TPSA) is 62.1 Å². The summed E-state index contributed by atoms with van der Waals surface area (Å²) < 4.78 is 54.8. The molecule has 0 unspecified atom stereocenters. The largest absolute Gasteiger partial charge is 0.431 e. The van der Waals surface area contributed by atoms with Crippen LogP contribution in [0.4, 0.5) is 17.6 Å². The van der Waals surface area contributed by atoms with Crippen LogP contribution in [0.1, 0.15) is 34.1 Å². The van der Waals surface area contributed by atoms with Gasteiger partial charge >= 0.3 is 6.18 Å². The monoisotopic (exact) mass is 367 g/mol. The SMILES string of the molecule is CC=CN1CC=C(c2c(F)cc(C(N)=O)c3[nH]c(C(F)(F)F)c(C)c23)C1. The van der Waals surface area contributed by atoms with E-state index in [4.69, 9.17) is 5.73 Å². The molecule has 1 aliphatic heterocycles. The Kier molecular flexibility index (Phi) is 4.29. The number of H-pyrrole nitrogens is 1. The quantitative estimate of drug-likeness (QED) is 0.807. The molecule has 0 spiro atoms. The number of benzene rings is 1. The molecule has 0 saturated carbocycles. The van der Waals surface area contributed by atoms with E-state index in [1.807, 2.05) is 24.1 Å². The van der Waals surface area contributed by atoms with Gasteiger partial charge in [0.1, 0.15) is 11.5 Å². The minimum atomic E-state index is -4.66. The first-order valence-electron chi connectivity index (χ1n) is 7.93. The number of rotatable bonds is 3. The number of carbonyl (C=O) groups excluding carboxylic acids is 1. The minimum Gasteiger partial charge on any atom is -0.370 e. The number of allylic oxidation sites excluding steroid dienone is 1. The molecule has 3 rings (SSSR count). The molecule has 2 aromatic rings. The van der Waals surface area contributed by atoms with E-state index in [2.05, 4.69) is 4.98 Å². The summed E-state index contributed by atoms with van der Waals surface area (Å²) in [6.07, 6.45) is 0.748. The van der Waals surface area contributed by atoms with Gasteiger partial charge in [0, 0.05) is 24.0 Å². The molecule has 4 nitrogen and oxygen atoms in total. The van der Waals surface area contributed by atoms with Crippen LogP contribution in [0.5, 0.6) is 0 Å². The maximum atomic E-state index is 14.8. The van der Waals surface area contributed by atoms with Crippen molar-refractivity contribution in [3.05, 3.63) is 52.6 Å². The third kappa shape index (κ3) is 2.85. The van der Waals surface area contributed by atoms with Crippen molar-refractivity contribution in [3.63, 3.8) is 0 Å². The average molecular weight is 367 g/mol. The first-order valence-corrected chi connectivity index (χ1v) is 7.93. The zero-order chi connectivity index (χ0) is 19.2. The Hall–Kier alpha value is -2.77. The van der Waals surface area contributed by atoms with E-state index in [1.165, 1.54) is 6.92 Å². The fourth-order valence-electron chi connectivity index (χ4n) is 3.37. The molecule has 0 aliphatic carbocycles. The highest BCUT2D eigenvalue weighted by atomic mass is 19.4. The fourth-order valence-corrected chi connectivity index (χ4v) is 3.37. The lowest BCUT2D eigenvalue weighted by molar-refractivity contribution is -0.141. The highest BCUT2D eigenvalue weighted by molar-refractivity contribution is 6.09. The fraction of sp³-hybridized carbons (Fsp3) is 0.278. The molecule has 3 N–H and O–H groups in total. The van der Waals surface area contributed by atoms with E-state index < -0.39 is 23.6 Å². The van der Waals surface area contributed by atoms with E-state index in [9.17, 15) is 22.4 Å². The van der Waals surface area contributed by atoms with Crippen molar-refractivity contribution in [1.82, 2.24) is 9.88 Å². The number of aryl methyl sites for hydroxylation is 1. The number of hydrogen-bond acceptors (Lipinski definition) is 2. The molecule has 0 atom stereocenters. The van der Waals surface area contributed by atoms with Gasteiger partial charge in [0.05, 0.1) is 11.1 Å². The molecule has 138 valence electrons. The molecule has 8 heteroatoms. The van der Waals surface area contributed by atoms with Gasteiger partial charge in [-0.2, -0.15) is 13.2 Å². The molecule has 0 radical (unpaired) electrons. The Morgan fingerprint density at radius 1 is 1.38 bits per heavy atom. The molecule has 1 aromatic heterocycles. The van der Waals surface area contributed by atoms with Gasteiger partial charge in [-0.25, -0.2) is 4.39 Å². The Morgan fingerprint density at radius 2 is 2.08 bits per heavy atom. The number of halogens is 4. The lowest BCUT2D eigenvalue weighted by atomic mass is 9.95. The van der Waals surface area contributed by atoms with Crippen LogP contribution in [-0.2, 0) is 6.18 Å². The second-order valence-electron chi connectivity index (χ2n) is 6.16. The van der Waals surface area contributed by atoms with Crippen LogP contribution in [0.2, 0.25) is 0 Å². The number of alkyl halides is 3. The second-order valence-corrected chi connectivity index (χ2v) is 6.16. The molecule has 26 heavy (non-hydrogen) atoms. The molecule has 1 aromatic carbocycles. The number of nitrogens with one attached hydrogen (secondary N) is 1. The average Bonchev–Trinajstić information content (AvgIpc) is 3.12. The molecule has 2 heterocycles. The lowest BCUT2D eigenvalue weighted by Gasteiger charge is -2.14. The number of aromatic amines is 1. The van der Waals surface area contributed by atoms with Crippen LogP contribution >= 0.6 is 0 Å². The van der Waals surface area contributed by atoms with Gasteiger partial charge in [0.2, 0.25) is 0 Å². The third-order valence-electron chi connectivity index (χ3n) is 4.45. The Balaban J connectivity index is 2.31. The number of nitrogens with zero attached hydrogens (tertiary/aromatic N) is 1. The Bertz CT molecular complexity index is 954. The third-order valence-corrected chi connectivity index (χ3v) is 4.45. The Morgan fingerprint density at radius 3 is 2.65 bits per heavy atom. The summed E-state index contributed by atoms with van der Waals surface area (Å²) in [6, 6.07) is 0.898. The van der Waals surface area contributed by atoms with Crippen molar-refractivity contribution in [2.75, 3.05) is 13.1 Å². The predicted molar refractivity (Wildman–Crippen MR) is 90.9 cm³/mol. The first-order chi connectivity index (χ1) is 12.1. The van der Waals surface area contributed by atoms with Gasteiger partial charge in [0.15, 0.2) is 0 Å². The van der Waals surface area contributed by atoms with Crippen LogP contribution < -0.4 is 5.73 Å². The summed E-state index contributed by atoms with van der Waals surface area (Å²) >= 11 is 0. The second kappa shape index (κ2) is 6.19. The van der Waals surface area contributed by atoms with Crippen LogP contribution in [0.15, 0.2) is 24.4 Å². The van der Waals surface area contributed by atoms with Crippen molar-refractivity contribution in [2.24, 2.45) is 5.73 Å². The van der Waals surface area contributed by atoms with Gasteiger partial charge in [-0.3, -0.25) is 4.79 Å². The lowest BCUT2D eigenvalue weighted by Crippen LogP contribution is -2.14. The van der Waals surface area contributed by atoms with Crippen LogP contribution in [0.3, 0.4) is 0 Å². The van der Waals surface area contributed by atoms with Crippen molar-refractivity contribution < 1.29 is 22.4 Å². The molecular formula is C18H17F4N3O. The maximum absolute atomic E-state index is 14.8. The first kappa shape index (κ1) is 18.0. The van der Waals surface area contributed by atoms with Crippen LogP contribution in [-0.4, -0.2) is 28.9 Å².